The summed E-state index contributed by atoms with van der Waals surface area (Å²) in [4.78, 5) is 9.79. The van der Waals surface area contributed by atoms with E-state index in [-0.39, 0.29) is 0 Å². The number of aromatic nitrogens is 2. The molecule has 102 valence electrons. The predicted octanol–water partition coefficient (Wildman–Crippen LogP) is 5.09. The van der Waals surface area contributed by atoms with Crippen molar-refractivity contribution in [2.45, 2.75) is 0 Å². The molecular formula is C20H12N2. The quantitative estimate of drug-likeness (QED) is 0.292. The Balaban J connectivity index is 2.02. The van der Waals surface area contributed by atoms with E-state index in [1.54, 1.807) is 0 Å². The standard InChI is InChI=1S/C20H12N2/c1-3-7-15-13(5-1)9-11-17-19(15)21-18-12-10-14-6-2-4-8-16(14)20(18)22-17/h1-12H. The lowest BCUT2D eigenvalue weighted by molar-refractivity contribution is 1.42. The van der Waals surface area contributed by atoms with Crippen LogP contribution in [0.25, 0.3) is 43.6 Å². The van der Waals surface area contributed by atoms with Crippen LogP contribution in [0.3, 0.4) is 0 Å². The van der Waals surface area contributed by atoms with Gasteiger partial charge in [-0.2, -0.15) is 0 Å². The Kier molecular flexibility index (Phi) is 2.25. The van der Waals surface area contributed by atoms with Gasteiger partial charge in [-0.3, -0.25) is 0 Å². The molecule has 22 heavy (non-hydrogen) atoms. The first-order chi connectivity index (χ1) is 10.9. The fourth-order valence-electron chi connectivity index (χ4n) is 3.14. The van der Waals surface area contributed by atoms with Gasteiger partial charge in [-0.05, 0) is 22.9 Å². The number of hydrogen-bond acceptors (Lipinski definition) is 2. The Bertz CT molecular complexity index is 1080. The van der Waals surface area contributed by atoms with Crippen LogP contribution in [0.4, 0.5) is 0 Å². The van der Waals surface area contributed by atoms with Gasteiger partial charge < -0.3 is 0 Å². The molecule has 0 radical (unpaired) electrons. The summed E-state index contributed by atoms with van der Waals surface area (Å²) in [6, 6.07) is 25.0. The molecule has 5 rings (SSSR count). The lowest BCUT2D eigenvalue weighted by atomic mass is 10.1. The van der Waals surface area contributed by atoms with Gasteiger partial charge in [0, 0.05) is 10.8 Å². The number of fused-ring (bicyclic) bond motifs is 6. The molecule has 0 aliphatic carbocycles. The number of rotatable bonds is 0. The topological polar surface area (TPSA) is 25.8 Å². The second-order valence-corrected chi connectivity index (χ2v) is 5.53. The van der Waals surface area contributed by atoms with Crippen molar-refractivity contribution >= 4 is 43.6 Å². The van der Waals surface area contributed by atoms with Gasteiger partial charge >= 0.3 is 0 Å². The summed E-state index contributed by atoms with van der Waals surface area (Å²) in [6.45, 7) is 0. The summed E-state index contributed by atoms with van der Waals surface area (Å²) in [6.07, 6.45) is 0. The third kappa shape index (κ3) is 1.55. The normalized spacial score (nSPS) is 11.6. The lowest BCUT2D eigenvalue weighted by Gasteiger charge is -2.07. The van der Waals surface area contributed by atoms with Crippen LogP contribution in [0.5, 0.6) is 0 Å². The molecule has 0 fully saturated rings. The Labute approximate surface area is 127 Å². The first kappa shape index (κ1) is 11.6. The van der Waals surface area contributed by atoms with E-state index in [2.05, 4.69) is 60.7 Å². The van der Waals surface area contributed by atoms with Crippen LogP contribution in [0.1, 0.15) is 0 Å². The first-order valence-corrected chi connectivity index (χ1v) is 7.37. The molecule has 0 saturated heterocycles. The van der Waals surface area contributed by atoms with Crippen LogP contribution in [-0.2, 0) is 0 Å². The van der Waals surface area contributed by atoms with Gasteiger partial charge in [-0.1, -0.05) is 60.7 Å². The van der Waals surface area contributed by atoms with E-state index in [1.807, 2.05) is 12.1 Å². The van der Waals surface area contributed by atoms with Crippen molar-refractivity contribution in [1.82, 2.24) is 9.97 Å². The van der Waals surface area contributed by atoms with Crippen molar-refractivity contribution in [3.8, 4) is 0 Å². The molecule has 1 heterocycles. The monoisotopic (exact) mass is 280 g/mol. The smallest absolute Gasteiger partial charge is 0.0972 e. The number of hydrogen-bond donors (Lipinski definition) is 0. The van der Waals surface area contributed by atoms with Crippen LogP contribution in [0.2, 0.25) is 0 Å². The van der Waals surface area contributed by atoms with E-state index in [4.69, 9.17) is 9.97 Å². The van der Waals surface area contributed by atoms with E-state index in [0.29, 0.717) is 0 Å². The van der Waals surface area contributed by atoms with Crippen molar-refractivity contribution < 1.29 is 0 Å². The summed E-state index contributed by atoms with van der Waals surface area (Å²) in [5.74, 6) is 0. The van der Waals surface area contributed by atoms with Crippen LogP contribution >= 0.6 is 0 Å². The van der Waals surface area contributed by atoms with Gasteiger partial charge in [-0.15, -0.1) is 0 Å². The highest BCUT2D eigenvalue weighted by Gasteiger charge is 2.07. The minimum absolute atomic E-state index is 0.947. The molecule has 0 atom stereocenters. The van der Waals surface area contributed by atoms with E-state index >= 15 is 0 Å². The Morgan fingerprint density at radius 1 is 0.455 bits per heavy atom. The Hall–Kier alpha value is -3.00. The van der Waals surface area contributed by atoms with Gasteiger partial charge in [0.25, 0.3) is 0 Å². The second-order valence-electron chi connectivity index (χ2n) is 5.53. The maximum atomic E-state index is 4.89. The van der Waals surface area contributed by atoms with Crippen molar-refractivity contribution in [3.05, 3.63) is 72.8 Å². The number of nitrogens with zero attached hydrogens (tertiary/aromatic N) is 2. The summed E-state index contributed by atoms with van der Waals surface area (Å²) >= 11 is 0. The van der Waals surface area contributed by atoms with E-state index in [1.165, 1.54) is 10.8 Å². The fraction of sp³-hybridized carbons (Fsp3) is 0. The molecular weight excluding hydrogens is 268 g/mol. The van der Waals surface area contributed by atoms with E-state index < -0.39 is 0 Å². The zero-order valence-corrected chi connectivity index (χ0v) is 11.8. The summed E-state index contributed by atoms with van der Waals surface area (Å²) in [5, 5.41) is 4.71. The minimum atomic E-state index is 0.947. The highest BCUT2D eigenvalue weighted by molar-refractivity contribution is 6.10. The molecule has 5 aromatic rings. The lowest BCUT2D eigenvalue weighted by Crippen LogP contribution is -1.90. The SMILES string of the molecule is c1ccc2c(c1)ccc1nc3c(ccc4ccccc43)nc12. The van der Waals surface area contributed by atoms with Crippen molar-refractivity contribution in [3.63, 3.8) is 0 Å². The maximum Gasteiger partial charge on any atom is 0.0972 e. The number of benzene rings is 4. The predicted molar refractivity (Wildman–Crippen MR) is 92.1 cm³/mol. The molecule has 0 aliphatic heterocycles. The Morgan fingerprint density at radius 3 is 1.41 bits per heavy atom. The van der Waals surface area contributed by atoms with Crippen LogP contribution in [-0.4, -0.2) is 9.97 Å². The van der Waals surface area contributed by atoms with Gasteiger partial charge in [0.1, 0.15) is 0 Å². The molecule has 4 aromatic carbocycles. The highest BCUT2D eigenvalue weighted by atomic mass is 14.8. The van der Waals surface area contributed by atoms with Gasteiger partial charge in [0.05, 0.1) is 22.1 Å². The average Bonchev–Trinajstić information content (AvgIpc) is 2.60. The third-order valence-corrected chi connectivity index (χ3v) is 4.22. The van der Waals surface area contributed by atoms with Gasteiger partial charge in [-0.25, -0.2) is 9.97 Å². The maximum absolute atomic E-state index is 4.89. The van der Waals surface area contributed by atoms with Crippen LogP contribution in [0, 0.1) is 0 Å². The van der Waals surface area contributed by atoms with Gasteiger partial charge in [0.2, 0.25) is 0 Å². The highest BCUT2D eigenvalue weighted by Crippen LogP contribution is 2.28. The van der Waals surface area contributed by atoms with Crippen molar-refractivity contribution in [1.29, 1.82) is 0 Å². The average molecular weight is 280 g/mol. The molecule has 2 heteroatoms. The zero-order chi connectivity index (χ0) is 14.5. The largest absolute Gasteiger partial charge is 0.244 e. The molecule has 0 spiro atoms. The van der Waals surface area contributed by atoms with Crippen molar-refractivity contribution in [2.24, 2.45) is 0 Å². The van der Waals surface area contributed by atoms with E-state index in [9.17, 15) is 0 Å². The summed E-state index contributed by atoms with van der Waals surface area (Å²) < 4.78 is 0. The second kappa shape index (κ2) is 4.25. The third-order valence-electron chi connectivity index (χ3n) is 4.22. The fourth-order valence-corrected chi connectivity index (χ4v) is 3.14. The first-order valence-electron chi connectivity index (χ1n) is 7.37. The van der Waals surface area contributed by atoms with Crippen LogP contribution in [0.15, 0.2) is 72.8 Å². The molecule has 0 unspecified atom stereocenters. The molecule has 0 N–H and O–H groups in total. The minimum Gasteiger partial charge on any atom is -0.244 e. The van der Waals surface area contributed by atoms with E-state index in [0.717, 1.165) is 32.8 Å². The molecule has 2 nitrogen and oxygen atoms in total. The molecule has 0 bridgehead atoms. The van der Waals surface area contributed by atoms with Gasteiger partial charge in [0.15, 0.2) is 0 Å². The molecule has 0 aliphatic rings. The molecule has 0 saturated carbocycles. The Morgan fingerprint density at radius 2 is 0.909 bits per heavy atom. The molecule has 0 amide bonds. The summed E-state index contributed by atoms with van der Waals surface area (Å²) in [7, 11) is 0. The van der Waals surface area contributed by atoms with Crippen LogP contribution < -0.4 is 0 Å². The zero-order valence-electron chi connectivity index (χ0n) is 11.8. The van der Waals surface area contributed by atoms with Crippen molar-refractivity contribution in [2.75, 3.05) is 0 Å². The molecule has 1 aromatic heterocycles. The summed E-state index contributed by atoms with van der Waals surface area (Å²) in [5.41, 5.74) is 3.84.